The summed E-state index contributed by atoms with van der Waals surface area (Å²) in [7, 11) is -1.17. The van der Waals surface area contributed by atoms with E-state index >= 15 is 0 Å². The molecule has 1 aromatic rings. The molecule has 0 bridgehead atoms. The minimum absolute atomic E-state index is 0.262. The van der Waals surface area contributed by atoms with Crippen LogP contribution in [0.3, 0.4) is 0 Å². The zero-order valence-corrected chi connectivity index (χ0v) is 11.5. The summed E-state index contributed by atoms with van der Waals surface area (Å²) in [6.45, 7) is 3.19. The number of hydrogen-bond donors (Lipinski definition) is 2. The van der Waals surface area contributed by atoms with Gasteiger partial charge in [0.25, 0.3) is 0 Å². The fourth-order valence-corrected chi connectivity index (χ4v) is 2.46. The van der Waals surface area contributed by atoms with Gasteiger partial charge in [0.1, 0.15) is 16.5 Å². The molecule has 0 aliphatic rings. The van der Waals surface area contributed by atoms with Gasteiger partial charge in [0.15, 0.2) is 4.91 Å². The van der Waals surface area contributed by atoms with E-state index in [1.807, 2.05) is 0 Å². The number of hydrogen-bond acceptors (Lipinski definition) is 9. The molecule has 0 aliphatic heterocycles. The minimum Gasteiger partial charge on any atom is -0.769 e. The highest BCUT2D eigenvalue weighted by atomic mass is 32.2. The third-order valence-electron chi connectivity index (χ3n) is 2.29. The number of esters is 1. The molecule has 2 N–H and O–H groups in total. The normalized spacial score (nSPS) is 11.3. The van der Waals surface area contributed by atoms with Crippen molar-refractivity contribution in [3.63, 3.8) is 0 Å². The Kier molecular flexibility index (Phi) is 5.61. The zero-order valence-electron chi connectivity index (χ0n) is 10.7. The predicted octanol–water partition coefficient (Wildman–Crippen LogP) is 1.02. The number of carbonyl (C=O) groups is 1. The van der Waals surface area contributed by atoms with Crippen LogP contribution in [0.4, 0.5) is 11.4 Å². The highest BCUT2D eigenvalue weighted by Crippen LogP contribution is 2.30. The van der Waals surface area contributed by atoms with Gasteiger partial charge in [-0.15, -0.1) is 11.0 Å². The first-order valence-electron chi connectivity index (χ1n) is 5.20. The highest BCUT2D eigenvalue weighted by Gasteiger charge is 2.23. The fraction of sp³-hybridized carbons (Fsp3) is 0.0909. The Morgan fingerprint density at radius 2 is 2.05 bits per heavy atom. The lowest BCUT2D eigenvalue weighted by atomic mass is 10.3. The van der Waals surface area contributed by atoms with Gasteiger partial charge in [-0.3, -0.25) is 10.4 Å². The Bertz CT molecular complexity index is 623. The van der Waals surface area contributed by atoms with E-state index in [2.05, 4.69) is 17.0 Å². The van der Waals surface area contributed by atoms with Crippen LogP contribution in [-0.4, -0.2) is 27.7 Å². The van der Waals surface area contributed by atoms with Crippen molar-refractivity contribution in [2.75, 3.05) is 17.6 Å². The van der Waals surface area contributed by atoms with E-state index in [-0.39, 0.29) is 4.90 Å². The number of benzene rings is 1. The van der Waals surface area contributed by atoms with Crippen LogP contribution in [0.25, 0.3) is 0 Å². The van der Waals surface area contributed by atoms with Crippen molar-refractivity contribution in [2.45, 2.75) is 4.90 Å². The van der Waals surface area contributed by atoms with Crippen molar-refractivity contribution >= 4 is 28.1 Å². The molecule has 0 saturated carbocycles. The molecule has 0 aromatic heterocycles. The molecule has 1 atom stereocenters. The van der Waals surface area contributed by atoms with Gasteiger partial charge in [0, 0.05) is 5.69 Å². The van der Waals surface area contributed by atoms with E-state index in [1.165, 1.54) is 0 Å². The maximum atomic E-state index is 12.2. The molecule has 10 heteroatoms. The van der Waals surface area contributed by atoms with E-state index in [4.69, 9.17) is 10.4 Å². The Hall–Kier alpha value is -2.20. The van der Waals surface area contributed by atoms with Crippen LogP contribution in [0.5, 0.6) is 0 Å². The van der Waals surface area contributed by atoms with Gasteiger partial charge < -0.3 is 20.4 Å². The third-order valence-corrected chi connectivity index (χ3v) is 3.71. The van der Waals surface area contributed by atoms with Crippen molar-refractivity contribution in [3.05, 3.63) is 45.8 Å². The van der Waals surface area contributed by atoms with Gasteiger partial charge in [-0.1, -0.05) is 6.58 Å². The van der Waals surface area contributed by atoms with Crippen LogP contribution in [0, 0.1) is 10.4 Å². The van der Waals surface area contributed by atoms with Crippen molar-refractivity contribution in [1.82, 2.24) is 0 Å². The number of nitrogens with zero attached hydrogens (tertiary/aromatic N) is 2. The molecule has 114 valence electrons. The first-order valence-corrected chi connectivity index (χ1v) is 6.35. The van der Waals surface area contributed by atoms with Gasteiger partial charge in [0.05, 0.1) is 12.0 Å². The second kappa shape index (κ2) is 6.99. The molecule has 1 aromatic carbocycles. The van der Waals surface area contributed by atoms with Crippen molar-refractivity contribution in [1.29, 1.82) is 0 Å². The molecule has 9 nitrogen and oxygen atoms in total. The molecule has 0 radical (unpaired) electrons. The van der Waals surface area contributed by atoms with Crippen LogP contribution in [0.1, 0.15) is 0 Å². The molecule has 1 rings (SSSR count). The van der Waals surface area contributed by atoms with Crippen LogP contribution >= 0.6 is 0 Å². The SMILES string of the molecule is C=C=C(C(=O)OC)S(=O)c1ccc(N([O-])[O-])cc1N(O)O. The number of anilines is 2. The fourth-order valence-electron chi connectivity index (χ4n) is 1.35. The molecule has 0 saturated heterocycles. The Morgan fingerprint density at radius 3 is 2.48 bits per heavy atom. The van der Waals surface area contributed by atoms with Gasteiger partial charge in [-0.2, -0.15) is 0 Å². The molecule has 1 unspecified atom stereocenters. The maximum Gasteiger partial charge on any atom is 0.355 e. The van der Waals surface area contributed by atoms with Crippen LogP contribution < -0.4 is 10.5 Å². The second-order valence-corrected chi connectivity index (χ2v) is 4.85. The number of rotatable bonds is 5. The smallest absolute Gasteiger partial charge is 0.355 e. The summed E-state index contributed by atoms with van der Waals surface area (Å²) in [6.07, 6.45) is 0. The molecule has 0 aliphatic carbocycles. The lowest BCUT2D eigenvalue weighted by Gasteiger charge is -2.37. The molecule has 0 fully saturated rings. The lowest BCUT2D eigenvalue weighted by Crippen LogP contribution is -2.17. The van der Waals surface area contributed by atoms with E-state index in [1.54, 1.807) is 0 Å². The summed E-state index contributed by atoms with van der Waals surface area (Å²) in [5.74, 6) is -0.977. The first-order chi connectivity index (χ1) is 9.83. The number of carbonyl (C=O) groups excluding carboxylic acids is 1. The van der Waals surface area contributed by atoms with E-state index in [9.17, 15) is 19.4 Å². The zero-order chi connectivity index (χ0) is 16.2. The molecule has 0 spiro atoms. The van der Waals surface area contributed by atoms with E-state index in [0.717, 1.165) is 25.3 Å². The summed E-state index contributed by atoms with van der Waals surface area (Å²) >= 11 is 0. The lowest BCUT2D eigenvalue weighted by molar-refractivity contribution is -0.135. The van der Waals surface area contributed by atoms with Gasteiger partial charge >= 0.3 is 5.97 Å². The summed E-state index contributed by atoms with van der Waals surface area (Å²) in [6, 6.07) is 2.80. The Balaban J connectivity index is 3.39. The largest absolute Gasteiger partial charge is 0.769 e. The monoisotopic (exact) mass is 314 g/mol. The molecule has 0 heterocycles. The summed E-state index contributed by atoms with van der Waals surface area (Å²) in [4.78, 5) is 10.7. The standard InChI is InChI=1S/C11H10N2O7S/c1-3-9(11(14)20-2)21(19)10-5-4-7(12(15)16)6-8(10)13(17)18/h4-6,17-18H,1H2,2H3/q-2. The van der Waals surface area contributed by atoms with E-state index < -0.39 is 43.5 Å². The summed E-state index contributed by atoms with van der Waals surface area (Å²) in [5.41, 5.74) is 1.14. The second-order valence-electron chi connectivity index (χ2n) is 3.46. The third kappa shape index (κ3) is 3.67. The Labute approximate surface area is 121 Å². The van der Waals surface area contributed by atoms with Crippen molar-refractivity contribution < 1.29 is 24.2 Å². The molecular formula is C11H10N2O7S-2. The Morgan fingerprint density at radius 1 is 1.43 bits per heavy atom. The number of ether oxygens (including phenoxy) is 1. The molecular weight excluding hydrogens is 304 g/mol. The summed E-state index contributed by atoms with van der Waals surface area (Å²) in [5, 5.41) is 38.3. The van der Waals surface area contributed by atoms with Crippen molar-refractivity contribution in [3.8, 4) is 0 Å². The maximum absolute atomic E-state index is 12.2. The highest BCUT2D eigenvalue weighted by molar-refractivity contribution is 7.90. The quantitative estimate of drug-likeness (QED) is 0.353. The molecule has 21 heavy (non-hydrogen) atoms. The average Bonchev–Trinajstić information content (AvgIpc) is 2.46. The summed E-state index contributed by atoms with van der Waals surface area (Å²) < 4.78 is 16.6. The number of methoxy groups -OCH3 is 1. The van der Waals surface area contributed by atoms with Gasteiger partial charge in [-0.25, -0.2) is 9.00 Å². The molecule has 0 amide bonds. The predicted molar refractivity (Wildman–Crippen MR) is 72.8 cm³/mol. The van der Waals surface area contributed by atoms with E-state index in [0.29, 0.717) is 0 Å². The van der Waals surface area contributed by atoms with Gasteiger partial charge in [0.2, 0.25) is 0 Å². The minimum atomic E-state index is -2.22. The van der Waals surface area contributed by atoms with Gasteiger partial charge in [-0.05, 0) is 18.2 Å². The van der Waals surface area contributed by atoms with Crippen molar-refractivity contribution in [2.24, 2.45) is 0 Å². The van der Waals surface area contributed by atoms with Crippen LogP contribution in [0.15, 0.2) is 40.3 Å². The topological polar surface area (TPSA) is 136 Å². The van der Waals surface area contributed by atoms with Crippen LogP contribution in [-0.2, 0) is 20.3 Å². The first kappa shape index (κ1) is 16.9. The average molecular weight is 314 g/mol. The van der Waals surface area contributed by atoms with Crippen LogP contribution in [0.2, 0.25) is 0 Å².